The maximum absolute atomic E-state index is 12.6. The van der Waals surface area contributed by atoms with E-state index in [4.69, 9.17) is 4.74 Å². The van der Waals surface area contributed by atoms with Gasteiger partial charge in [-0.3, -0.25) is 10.1 Å². The fraction of sp³-hybridized carbons (Fsp3) is 0.211. The predicted molar refractivity (Wildman–Crippen MR) is 101 cm³/mol. The molecule has 0 unspecified atom stereocenters. The molecule has 0 saturated carbocycles. The summed E-state index contributed by atoms with van der Waals surface area (Å²) in [5.74, 6) is -1.86. The summed E-state index contributed by atoms with van der Waals surface area (Å²) in [5, 5.41) is 4.50. The van der Waals surface area contributed by atoms with Crippen molar-refractivity contribution in [2.75, 3.05) is 12.8 Å². The lowest BCUT2D eigenvalue weighted by Crippen LogP contribution is -2.42. The zero-order valence-corrected chi connectivity index (χ0v) is 16.2. The first-order valence-corrected chi connectivity index (χ1v) is 10.3. The number of ether oxygens (including phenoxy) is 1. The second-order valence-electron chi connectivity index (χ2n) is 5.81. The van der Waals surface area contributed by atoms with Crippen molar-refractivity contribution in [2.24, 2.45) is 0 Å². The van der Waals surface area contributed by atoms with Crippen molar-refractivity contribution in [1.82, 2.24) is 10.6 Å². The Morgan fingerprint density at radius 3 is 2.21 bits per heavy atom. The molecule has 2 aromatic rings. The molecule has 28 heavy (non-hydrogen) atoms. The van der Waals surface area contributed by atoms with Crippen LogP contribution in [0.15, 0.2) is 59.5 Å². The number of esters is 1. The van der Waals surface area contributed by atoms with E-state index in [0.29, 0.717) is 12.1 Å². The van der Waals surface area contributed by atoms with E-state index >= 15 is 0 Å². The van der Waals surface area contributed by atoms with Crippen molar-refractivity contribution in [2.45, 2.75) is 17.9 Å². The Labute approximate surface area is 162 Å². The molecule has 0 aliphatic rings. The Morgan fingerprint density at radius 2 is 1.61 bits per heavy atom. The summed E-state index contributed by atoms with van der Waals surface area (Å²) in [5.41, 5.74) is 0.131. The van der Waals surface area contributed by atoms with E-state index in [2.05, 4.69) is 10.6 Å². The molecule has 2 rings (SSSR count). The van der Waals surface area contributed by atoms with E-state index in [1.807, 2.05) is 0 Å². The van der Waals surface area contributed by atoms with Gasteiger partial charge in [-0.05, 0) is 19.1 Å². The maximum atomic E-state index is 12.6. The van der Waals surface area contributed by atoms with Crippen LogP contribution in [0.2, 0.25) is 0 Å². The lowest BCUT2D eigenvalue weighted by Gasteiger charge is -2.18. The molecule has 2 aromatic carbocycles. The fourth-order valence-electron chi connectivity index (χ4n) is 2.41. The molecule has 0 heterocycles. The van der Waals surface area contributed by atoms with Crippen molar-refractivity contribution >= 4 is 27.7 Å². The van der Waals surface area contributed by atoms with E-state index in [0.717, 1.165) is 6.26 Å². The third-order valence-electron chi connectivity index (χ3n) is 3.65. The van der Waals surface area contributed by atoms with Gasteiger partial charge in [0.25, 0.3) is 5.91 Å². The first kappa shape index (κ1) is 21.1. The molecule has 0 radical (unpaired) electrons. The van der Waals surface area contributed by atoms with E-state index in [1.165, 1.54) is 24.3 Å². The third kappa shape index (κ3) is 5.40. The first-order chi connectivity index (χ1) is 13.2. The number of amides is 3. The van der Waals surface area contributed by atoms with Crippen LogP contribution in [0.5, 0.6) is 0 Å². The van der Waals surface area contributed by atoms with Crippen LogP contribution >= 0.6 is 0 Å². The fourth-order valence-corrected chi connectivity index (χ4v) is 3.29. The maximum Gasteiger partial charge on any atom is 0.340 e. The lowest BCUT2D eigenvalue weighted by molar-refractivity contribution is -0.129. The SMILES string of the molecule is CCNC(=O)NC(=O)[C@H](OC(=O)c1ccccc1S(C)(=O)=O)c1ccccc1. The van der Waals surface area contributed by atoms with Crippen LogP contribution in [-0.4, -0.2) is 39.1 Å². The predicted octanol–water partition coefficient (Wildman–Crippen LogP) is 1.83. The van der Waals surface area contributed by atoms with Gasteiger partial charge in [-0.15, -0.1) is 0 Å². The minimum absolute atomic E-state index is 0.197. The molecule has 8 nitrogen and oxygen atoms in total. The number of nitrogens with one attached hydrogen (secondary N) is 2. The van der Waals surface area contributed by atoms with Crippen LogP contribution in [-0.2, 0) is 19.4 Å². The molecule has 9 heteroatoms. The van der Waals surface area contributed by atoms with Gasteiger partial charge in [-0.2, -0.15) is 0 Å². The molecule has 0 aliphatic heterocycles. The second kappa shape index (κ2) is 9.14. The van der Waals surface area contributed by atoms with Gasteiger partial charge in [-0.25, -0.2) is 18.0 Å². The average molecular weight is 404 g/mol. The molecule has 2 N–H and O–H groups in total. The monoisotopic (exact) mass is 404 g/mol. The van der Waals surface area contributed by atoms with Crippen LogP contribution in [0.4, 0.5) is 4.79 Å². The number of urea groups is 1. The molecule has 0 spiro atoms. The molecular weight excluding hydrogens is 384 g/mol. The highest BCUT2D eigenvalue weighted by molar-refractivity contribution is 7.90. The van der Waals surface area contributed by atoms with E-state index in [9.17, 15) is 22.8 Å². The third-order valence-corrected chi connectivity index (χ3v) is 4.80. The highest BCUT2D eigenvalue weighted by Gasteiger charge is 2.29. The van der Waals surface area contributed by atoms with Crippen LogP contribution in [0.3, 0.4) is 0 Å². The molecule has 0 bridgehead atoms. The molecular formula is C19H20N2O6S. The van der Waals surface area contributed by atoms with Gasteiger partial charge in [0.2, 0.25) is 6.10 Å². The van der Waals surface area contributed by atoms with Gasteiger partial charge in [0.15, 0.2) is 9.84 Å². The molecule has 0 aromatic heterocycles. The largest absolute Gasteiger partial charge is 0.444 e. The van der Waals surface area contributed by atoms with Gasteiger partial charge in [-0.1, -0.05) is 42.5 Å². The van der Waals surface area contributed by atoms with Crippen LogP contribution < -0.4 is 10.6 Å². The summed E-state index contributed by atoms with van der Waals surface area (Å²) in [6, 6.07) is 12.9. The number of hydrogen-bond donors (Lipinski definition) is 2. The smallest absolute Gasteiger partial charge is 0.340 e. The van der Waals surface area contributed by atoms with E-state index in [-0.39, 0.29) is 10.5 Å². The number of imide groups is 1. The molecule has 3 amide bonds. The van der Waals surface area contributed by atoms with Gasteiger partial charge >= 0.3 is 12.0 Å². The summed E-state index contributed by atoms with van der Waals surface area (Å²) < 4.78 is 29.2. The Hall–Kier alpha value is -3.20. The normalized spacial score (nSPS) is 11.9. The molecule has 0 fully saturated rings. The van der Waals surface area contributed by atoms with E-state index in [1.54, 1.807) is 37.3 Å². The number of benzene rings is 2. The topological polar surface area (TPSA) is 119 Å². The molecule has 1 atom stereocenters. The first-order valence-electron chi connectivity index (χ1n) is 8.37. The number of hydrogen-bond acceptors (Lipinski definition) is 6. The minimum atomic E-state index is -3.69. The summed E-state index contributed by atoms with van der Waals surface area (Å²) in [7, 11) is -3.69. The number of rotatable bonds is 6. The number of carbonyl (C=O) groups is 3. The molecule has 0 aliphatic carbocycles. The number of sulfone groups is 1. The quantitative estimate of drug-likeness (QED) is 0.709. The zero-order chi connectivity index (χ0) is 20.7. The molecule has 0 saturated heterocycles. The van der Waals surface area contributed by atoms with Crippen molar-refractivity contribution in [1.29, 1.82) is 0 Å². The number of carbonyl (C=O) groups excluding carboxylic acids is 3. The van der Waals surface area contributed by atoms with Crippen molar-refractivity contribution in [3.8, 4) is 0 Å². The average Bonchev–Trinajstić information content (AvgIpc) is 2.66. The van der Waals surface area contributed by atoms with Crippen molar-refractivity contribution in [3.05, 3.63) is 65.7 Å². The van der Waals surface area contributed by atoms with Gasteiger partial charge in [0.05, 0.1) is 10.5 Å². The van der Waals surface area contributed by atoms with Gasteiger partial charge in [0.1, 0.15) is 0 Å². The van der Waals surface area contributed by atoms with Crippen LogP contribution in [0.25, 0.3) is 0 Å². The minimum Gasteiger partial charge on any atom is -0.444 e. The summed E-state index contributed by atoms with van der Waals surface area (Å²) in [4.78, 5) is 36.6. The second-order valence-corrected chi connectivity index (χ2v) is 7.80. The van der Waals surface area contributed by atoms with Crippen molar-refractivity contribution in [3.63, 3.8) is 0 Å². The Bertz CT molecular complexity index is 973. The van der Waals surface area contributed by atoms with Crippen LogP contribution in [0, 0.1) is 0 Å². The summed E-state index contributed by atoms with van der Waals surface area (Å²) >= 11 is 0. The zero-order valence-electron chi connectivity index (χ0n) is 15.3. The van der Waals surface area contributed by atoms with Crippen LogP contribution in [0.1, 0.15) is 28.9 Å². The lowest BCUT2D eigenvalue weighted by atomic mass is 10.1. The van der Waals surface area contributed by atoms with Crippen molar-refractivity contribution < 1.29 is 27.5 Å². The van der Waals surface area contributed by atoms with Gasteiger partial charge in [0, 0.05) is 18.4 Å². The Balaban J connectivity index is 2.35. The Morgan fingerprint density at radius 1 is 1.00 bits per heavy atom. The Kier molecular flexibility index (Phi) is 6.89. The molecule has 148 valence electrons. The summed E-state index contributed by atoms with van der Waals surface area (Å²) in [6.45, 7) is 1.98. The highest BCUT2D eigenvalue weighted by atomic mass is 32.2. The highest BCUT2D eigenvalue weighted by Crippen LogP contribution is 2.22. The van der Waals surface area contributed by atoms with E-state index < -0.39 is 33.8 Å². The standard InChI is InChI=1S/C19H20N2O6S/c1-3-20-19(24)21-17(22)16(13-9-5-4-6-10-13)27-18(23)14-11-7-8-12-15(14)28(2,25)26/h4-12,16H,3H2,1-2H3,(H2,20,21,22,24)/t16-/m1/s1. The summed E-state index contributed by atoms with van der Waals surface area (Å²) in [6.07, 6.45) is -0.473. The van der Waals surface area contributed by atoms with Gasteiger partial charge < -0.3 is 10.1 Å².